The first-order chi connectivity index (χ1) is 9.15. The van der Waals surface area contributed by atoms with E-state index >= 15 is 0 Å². The number of nitrogens with two attached hydrogens (primary N) is 1. The van der Waals surface area contributed by atoms with Crippen LogP contribution >= 0.6 is 15.9 Å². The summed E-state index contributed by atoms with van der Waals surface area (Å²) >= 11 is 3.45. The van der Waals surface area contributed by atoms with Gasteiger partial charge in [-0.05, 0) is 59.3 Å². The summed E-state index contributed by atoms with van der Waals surface area (Å²) in [5.41, 5.74) is 6.24. The Labute approximate surface area is 122 Å². The van der Waals surface area contributed by atoms with E-state index in [1.54, 1.807) is 7.11 Å². The lowest BCUT2D eigenvalue weighted by Crippen LogP contribution is -2.14. The molecule has 0 bridgehead atoms. The Morgan fingerprint density at radius 3 is 2.68 bits per heavy atom. The lowest BCUT2D eigenvalue weighted by Gasteiger charge is -2.19. The van der Waals surface area contributed by atoms with Gasteiger partial charge in [-0.25, -0.2) is 0 Å². The van der Waals surface area contributed by atoms with Crippen LogP contribution in [0.4, 0.5) is 0 Å². The second-order valence-corrected chi connectivity index (χ2v) is 5.66. The summed E-state index contributed by atoms with van der Waals surface area (Å²) in [6, 6.07) is 3.64. The molecule has 0 aromatic heterocycles. The summed E-state index contributed by atoms with van der Waals surface area (Å²) in [5, 5.41) is 9.86. The van der Waals surface area contributed by atoms with Gasteiger partial charge in [0.2, 0.25) is 0 Å². The topological polar surface area (TPSA) is 64.7 Å². The standard InChI is InChI=1S/C14H20BrNO3/c1-18-14-11(15)6-9(12(17)8-16)7-13(14)19-10-4-2-3-5-10/h6-7,10,12,17H,2-5,8,16H2,1H3. The monoisotopic (exact) mass is 329 g/mol. The predicted molar refractivity (Wildman–Crippen MR) is 77.6 cm³/mol. The highest BCUT2D eigenvalue weighted by atomic mass is 79.9. The van der Waals surface area contributed by atoms with Gasteiger partial charge in [-0.15, -0.1) is 0 Å². The number of methoxy groups -OCH3 is 1. The van der Waals surface area contributed by atoms with Crippen LogP contribution in [0.15, 0.2) is 16.6 Å². The van der Waals surface area contributed by atoms with E-state index in [0.717, 1.165) is 22.9 Å². The highest BCUT2D eigenvalue weighted by Crippen LogP contribution is 2.39. The molecule has 0 spiro atoms. The number of aliphatic hydroxyl groups excluding tert-OH is 1. The van der Waals surface area contributed by atoms with Crippen LogP contribution in [0.5, 0.6) is 11.5 Å². The minimum absolute atomic E-state index is 0.182. The third kappa shape index (κ3) is 3.41. The Morgan fingerprint density at radius 1 is 1.42 bits per heavy atom. The van der Waals surface area contributed by atoms with Crippen molar-refractivity contribution in [3.8, 4) is 11.5 Å². The molecule has 1 aliphatic carbocycles. The van der Waals surface area contributed by atoms with Gasteiger partial charge in [0, 0.05) is 6.54 Å². The zero-order valence-electron chi connectivity index (χ0n) is 11.1. The average Bonchev–Trinajstić information content (AvgIpc) is 2.90. The number of halogens is 1. The fraction of sp³-hybridized carbons (Fsp3) is 0.571. The first-order valence-corrected chi connectivity index (χ1v) is 7.37. The second kappa shape index (κ2) is 6.59. The summed E-state index contributed by atoms with van der Waals surface area (Å²) in [5.74, 6) is 1.34. The van der Waals surface area contributed by atoms with Crippen molar-refractivity contribution in [1.29, 1.82) is 0 Å². The minimum atomic E-state index is -0.687. The SMILES string of the molecule is COc1c(Br)cc(C(O)CN)cc1OC1CCCC1. The number of ether oxygens (including phenoxy) is 2. The van der Waals surface area contributed by atoms with Gasteiger partial charge in [-0.2, -0.15) is 0 Å². The quantitative estimate of drug-likeness (QED) is 0.871. The van der Waals surface area contributed by atoms with Gasteiger partial charge in [0.25, 0.3) is 0 Å². The second-order valence-electron chi connectivity index (χ2n) is 4.81. The van der Waals surface area contributed by atoms with Gasteiger partial charge in [0.05, 0.1) is 23.8 Å². The molecule has 19 heavy (non-hydrogen) atoms. The number of rotatable bonds is 5. The van der Waals surface area contributed by atoms with Crippen molar-refractivity contribution in [3.05, 3.63) is 22.2 Å². The molecular formula is C14H20BrNO3. The van der Waals surface area contributed by atoms with Crippen LogP contribution in [0.25, 0.3) is 0 Å². The fourth-order valence-corrected chi connectivity index (χ4v) is 3.01. The van der Waals surface area contributed by atoms with E-state index in [1.165, 1.54) is 12.8 Å². The lowest BCUT2D eigenvalue weighted by molar-refractivity contribution is 0.181. The molecular weight excluding hydrogens is 310 g/mol. The number of benzene rings is 1. The molecule has 0 saturated heterocycles. The largest absolute Gasteiger partial charge is 0.492 e. The molecule has 3 N–H and O–H groups in total. The van der Waals surface area contributed by atoms with Crippen LogP contribution in [0, 0.1) is 0 Å². The third-order valence-corrected chi connectivity index (χ3v) is 4.03. The van der Waals surface area contributed by atoms with Crippen molar-refractivity contribution in [1.82, 2.24) is 0 Å². The van der Waals surface area contributed by atoms with Crippen molar-refractivity contribution in [2.45, 2.75) is 37.9 Å². The molecule has 106 valence electrons. The van der Waals surface area contributed by atoms with Gasteiger partial charge in [-0.3, -0.25) is 0 Å². The van der Waals surface area contributed by atoms with Crippen molar-refractivity contribution in [3.63, 3.8) is 0 Å². The van der Waals surface area contributed by atoms with Gasteiger partial charge >= 0.3 is 0 Å². The molecule has 1 atom stereocenters. The van der Waals surface area contributed by atoms with E-state index in [4.69, 9.17) is 15.2 Å². The van der Waals surface area contributed by atoms with Gasteiger partial charge in [-0.1, -0.05) is 0 Å². The molecule has 1 saturated carbocycles. The summed E-state index contributed by atoms with van der Waals surface area (Å²) in [7, 11) is 1.61. The van der Waals surface area contributed by atoms with Crippen molar-refractivity contribution >= 4 is 15.9 Å². The molecule has 2 rings (SSSR count). The van der Waals surface area contributed by atoms with E-state index in [0.29, 0.717) is 11.5 Å². The van der Waals surface area contributed by atoms with Gasteiger partial charge in [0.1, 0.15) is 0 Å². The van der Waals surface area contributed by atoms with E-state index in [-0.39, 0.29) is 12.6 Å². The van der Waals surface area contributed by atoms with E-state index < -0.39 is 6.10 Å². The Bertz CT molecular complexity index is 433. The first-order valence-electron chi connectivity index (χ1n) is 6.58. The van der Waals surface area contributed by atoms with E-state index in [9.17, 15) is 5.11 Å². The van der Waals surface area contributed by atoms with Crippen molar-refractivity contribution in [2.75, 3.05) is 13.7 Å². The number of aliphatic hydroxyl groups is 1. The van der Waals surface area contributed by atoms with Crippen LogP contribution in [0.1, 0.15) is 37.4 Å². The number of hydrogen-bond donors (Lipinski definition) is 2. The van der Waals surface area contributed by atoms with E-state index in [1.807, 2.05) is 12.1 Å². The lowest BCUT2D eigenvalue weighted by atomic mass is 10.1. The molecule has 1 unspecified atom stereocenters. The molecule has 1 aromatic carbocycles. The molecule has 0 heterocycles. The molecule has 1 aromatic rings. The average molecular weight is 330 g/mol. The Balaban J connectivity index is 2.29. The molecule has 4 nitrogen and oxygen atoms in total. The number of hydrogen-bond acceptors (Lipinski definition) is 4. The molecule has 0 amide bonds. The molecule has 1 aliphatic rings. The highest BCUT2D eigenvalue weighted by Gasteiger charge is 2.21. The Hall–Kier alpha value is -0.780. The maximum Gasteiger partial charge on any atom is 0.174 e. The molecule has 5 heteroatoms. The van der Waals surface area contributed by atoms with Crippen LogP contribution in [0.3, 0.4) is 0 Å². The predicted octanol–water partition coefficient (Wildman–Crippen LogP) is 2.77. The molecule has 0 aliphatic heterocycles. The summed E-state index contributed by atoms with van der Waals surface area (Å²) in [6.07, 6.45) is 4.12. The Kier molecular flexibility index (Phi) is 5.07. The van der Waals surface area contributed by atoms with Crippen molar-refractivity contribution in [2.24, 2.45) is 5.73 Å². The summed E-state index contributed by atoms with van der Waals surface area (Å²) < 4.78 is 12.1. The van der Waals surface area contributed by atoms with Crippen LogP contribution in [0.2, 0.25) is 0 Å². The van der Waals surface area contributed by atoms with Gasteiger partial charge in [0.15, 0.2) is 11.5 Å². The van der Waals surface area contributed by atoms with Crippen LogP contribution < -0.4 is 15.2 Å². The fourth-order valence-electron chi connectivity index (χ4n) is 2.39. The minimum Gasteiger partial charge on any atom is -0.492 e. The van der Waals surface area contributed by atoms with Crippen LogP contribution in [-0.4, -0.2) is 24.9 Å². The smallest absolute Gasteiger partial charge is 0.174 e. The Morgan fingerprint density at radius 2 is 2.11 bits per heavy atom. The zero-order chi connectivity index (χ0) is 13.8. The maximum absolute atomic E-state index is 9.86. The first kappa shape index (κ1) is 14.6. The van der Waals surface area contributed by atoms with Crippen LogP contribution in [-0.2, 0) is 0 Å². The molecule has 0 radical (unpaired) electrons. The molecule has 1 fully saturated rings. The zero-order valence-corrected chi connectivity index (χ0v) is 12.6. The van der Waals surface area contributed by atoms with Gasteiger partial charge < -0.3 is 20.3 Å². The summed E-state index contributed by atoms with van der Waals surface area (Å²) in [6.45, 7) is 0.182. The normalized spacial score (nSPS) is 17.5. The third-order valence-electron chi connectivity index (χ3n) is 3.44. The highest BCUT2D eigenvalue weighted by molar-refractivity contribution is 9.10. The summed E-state index contributed by atoms with van der Waals surface area (Å²) in [4.78, 5) is 0. The van der Waals surface area contributed by atoms with E-state index in [2.05, 4.69) is 15.9 Å². The van der Waals surface area contributed by atoms with Crippen molar-refractivity contribution < 1.29 is 14.6 Å². The maximum atomic E-state index is 9.86.